The zero-order valence-electron chi connectivity index (χ0n) is 11.9. The fraction of sp³-hybridized carbons (Fsp3) is 0.562. The lowest BCUT2D eigenvalue weighted by atomic mass is 10.00. The molecule has 0 amide bonds. The van der Waals surface area contributed by atoms with Crippen LogP contribution >= 0.6 is 0 Å². The van der Waals surface area contributed by atoms with Gasteiger partial charge in [-0.25, -0.2) is 0 Å². The van der Waals surface area contributed by atoms with Crippen LogP contribution in [0.25, 0.3) is 0 Å². The summed E-state index contributed by atoms with van der Waals surface area (Å²) < 4.78 is 0. The summed E-state index contributed by atoms with van der Waals surface area (Å²) in [7, 11) is 0. The molecular weight excluding hydrogens is 236 g/mol. The van der Waals surface area contributed by atoms with Gasteiger partial charge in [-0.1, -0.05) is 38.1 Å². The van der Waals surface area contributed by atoms with Crippen LogP contribution in [-0.2, 0) is 0 Å². The van der Waals surface area contributed by atoms with Crippen molar-refractivity contribution >= 4 is 5.78 Å². The Kier molecular flexibility index (Phi) is 4.72. The molecule has 1 fully saturated rings. The van der Waals surface area contributed by atoms with Crippen LogP contribution in [0, 0.1) is 0 Å². The van der Waals surface area contributed by atoms with Crippen LogP contribution in [-0.4, -0.2) is 36.4 Å². The molecule has 2 N–H and O–H groups in total. The minimum absolute atomic E-state index is 0.214. The Morgan fingerprint density at radius 3 is 2.37 bits per heavy atom. The van der Waals surface area contributed by atoms with Crippen molar-refractivity contribution in [1.82, 2.24) is 4.90 Å². The van der Waals surface area contributed by atoms with E-state index in [1.54, 1.807) is 0 Å². The number of nitrogens with zero attached hydrogens (tertiary/aromatic N) is 1. The van der Waals surface area contributed by atoms with Gasteiger partial charge in [0.25, 0.3) is 0 Å². The molecule has 1 heterocycles. The summed E-state index contributed by atoms with van der Waals surface area (Å²) in [5.41, 5.74) is 7.97. The van der Waals surface area contributed by atoms with Crippen molar-refractivity contribution in [3.63, 3.8) is 0 Å². The van der Waals surface area contributed by atoms with Gasteiger partial charge < -0.3 is 5.73 Å². The summed E-state index contributed by atoms with van der Waals surface area (Å²) in [5.74, 6) is 0.721. The number of benzene rings is 1. The molecule has 19 heavy (non-hydrogen) atoms. The van der Waals surface area contributed by atoms with E-state index in [1.807, 2.05) is 12.1 Å². The van der Waals surface area contributed by atoms with Crippen LogP contribution in [0.5, 0.6) is 0 Å². The Bertz CT molecular complexity index is 417. The van der Waals surface area contributed by atoms with Crippen molar-refractivity contribution in [1.29, 1.82) is 0 Å². The first-order chi connectivity index (χ1) is 9.06. The Morgan fingerprint density at radius 1 is 1.26 bits per heavy atom. The van der Waals surface area contributed by atoms with Crippen molar-refractivity contribution in [2.45, 2.75) is 38.6 Å². The molecule has 3 heteroatoms. The second kappa shape index (κ2) is 6.31. The first kappa shape index (κ1) is 14.2. The zero-order chi connectivity index (χ0) is 13.8. The van der Waals surface area contributed by atoms with E-state index in [9.17, 15) is 4.79 Å². The van der Waals surface area contributed by atoms with Gasteiger partial charge in [0.05, 0.1) is 6.54 Å². The van der Waals surface area contributed by atoms with Crippen molar-refractivity contribution in [3.8, 4) is 0 Å². The van der Waals surface area contributed by atoms with Gasteiger partial charge >= 0.3 is 0 Å². The molecule has 0 aromatic heterocycles. The molecule has 104 valence electrons. The minimum Gasteiger partial charge on any atom is -0.328 e. The van der Waals surface area contributed by atoms with Crippen LogP contribution in [0.15, 0.2) is 24.3 Å². The van der Waals surface area contributed by atoms with Crippen LogP contribution in [0.1, 0.15) is 48.5 Å². The van der Waals surface area contributed by atoms with Crippen LogP contribution < -0.4 is 5.73 Å². The van der Waals surface area contributed by atoms with Crippen molar-refractivity contribution < 1.29 is 4.79 Å². The molecule has 0 atom stereocenters. The van der Waals surface area contributed by atoms with E-state index in [0.717, 1.165) is 31.5 Å². The SMILES string of the molecule is CC(C)c1ccc(C(=O)CN2CCC(N)CC2)cc1. The number of carbonyl (C=O) groups is 1. The van der Waals surface area contributed by atoms with E-state index in [2.05, 4.69) is 30.9 Å². The van der Waals surface area contributed by atoms with Crippen LogP contribution in [0.2, 0.25) is 0 Å². The first-order valence-electron chi connectivity index (χ1n) is 7.17. The summed E-state index contributed by atoms with van der Waals surface area (Å²) >= 11 is 0. The lowest BCUT2D eigenvalue weighted by Crippen LogP contribution is -2.41. The second-order valence-corrected chi connectivity index (χ2v) is 5.81. The standard InChI is InChI=1S/C16H24N2O/c1-12(2)13-3-5-14(6-4-13)16(19)11-18-9-7-15(17)8-10-18/h3-6,12,15H,7-11,17H2,1-2H3. The third-order valence-electron chi connectivity index (χ3n) is 3.90. The maximum atomic E-state index is 12.2. The third kappa shape index (κ3) is 3.88. The zero-order valence-corrected chi connectivity index (χ0v) is 11.9. The fourth-order valence-electron chi connectivity index (χ4n) is 2.46. The number of hydrogen-bond acceptors (Lipinski definition) is 3. The molecule has 2 rings (SSSR count). The Hall–Kier alpha value is -1.19. The van der Waals surface area contributed by atoms with Gasteiger partial charge in [0.15, 0.2) is 5.78 Å². The number of likely N-dealkylation sites (tertiary alicyclic amines) is 1. The highest BCUT2D eigenvalue weighted by atomic mass is 16.1. The second-order valence-electron chi connectivity index (χ2n) is 5.81. The fourth-order valence-corrected chi connectivity index (χ4v) is 2.46. The van der Waals surface area contributed by atoms with Gasteiger partial charge in [-0.05, 0) is 24.3 Å². The topological polar surface area (TPSA) is 46.3 Å². The van der Waals surface area contributed by atoms with E-state index < -0.39 is 0 Å². The van der Waals surface area contributed by atoms with E-state index in [4.69, 9.17) is 5.73 Å². The number of rotatable bonds is 4. The van der Waals surface area contributed by atoms with E-state index in [-0.39, 0.29) is 5.78 Å². The van der Waals surface area contributed by atoms with E-state index in [1.165, 1.54) is 5.56 Å². The van der Waals surface area contributed by atoms with E-state index >= 15 is 0 Å². The van der Waals surface area contributed by atoms with Crippen molar-refractivity contribution in [3.05, 3.63) is 35.4 Å². The predicted octanol–water partition coefficient (Wildman–Crippen LogP) is 2.42. The maximum absolute atomic E-state index is 12.2. The Balaban J connectivity index is 1.92. The number of nitrogens with two attached hydrogens (primary N) is 1. The monoisotopic (exact) mass is 260 g/mol. The minimum atomic E-state index is 0.214. The molecule has 0 bridgehead atoms. The summed E-state index contributed by atoms with van der Waals surface area (Å²) in [5, 5.41) is 0. The van der Waals surface area contributed by atoms with Gasteiger partial charge in [-0.3, -0.25) is 9.69 Å². The smallest absolute Gasteiger partial charge is 0.176 e. The van der Waals surface area contributed by atoms with Crippen molar-refractivity contribution in [2.75, 3.05) is 19.6 Å². The van der Waals surface area contributed by atoms with Gasteiger partial charge in [0.2, 0.25) is 0 Å². The van der Waals surface area contributed by atoms with Gasteiger partial charge in [0.1, 0.15) is 0 Å². The van der Waals surface area contributed by atoms with Gasteiger partial charge in [0, 0.05) is 24.7 Å². The summed E-state index contributed by atoms with van der Waals surface area (Å²) in [4.78, 5) is 14.4. The Labute approximate surface area is 115 Å². The number of ketones is 1. The number of hydrogen-bond donors (Lipinski definition) is 1. The van der Waals surface area contributed by atoms with Gasteiger partial charge in [-0.15, -0.1) is 0 Å². The lowest BCUT2D eigenvalue weighted by molar-refractivity contribution is 0.0910. The lowest BCUT2D eigenvalue weighted by Gasteiger charge is -2.29. The number of Topliss-reactive ketones (excluding diaryl/α,β-unsaturated/α-hetero) is 1. The molecule has 1 aliphatic heterocycles. The van der Waals surface area contributed by atoms with E-state index in [0.29, 0.717) is 18.5 Å². The highest BCUT2D eigenvalue weighted by Gasteiger charge is 2.18. The average Bonchev–Trinajstić information content (AvgIpc) is 2.41. The molecule has 3 nitrogen and oxygen atoms in total. The highest BCUT2D eigenvalue weighted by Crippen LogP contribution is 2.16. The normalized spacial score (nSPS) is 17.9. The Morgan fingerprint density at radius 2 is 1.84 bits per heavy atom. The molecule has 1 aliphatic rings. The largest absolute Gasteiger partial charge is 0.328 e. The predicted molar refractivity (Wildman–Crippen MR) is 78.5 cm³/mol. The number of piperidine rings is 1. The molecule has 0 radical (unpaired) electrons. The van der Waals surface area contributed by atoms with Gasteiger partial charge in [-0.2, -0.15) is 0 Å². The third-order valence-corrected chi connectivity index (χ3v) is 3.90. The molecule has 1 saturated heterocycles. The molecule has 1 aromatic carbocycles. The average molecular weight is 260 g/mol. The van der Waals surface area contributed by atoms with Crippen LogP contribution in [0.4, 0.5) is 0 Å². The number of carbonyl (C=O) groups excluding carboxylic acids is 1. The molecular formula is C16H24N2O. The quantitative estimate of drug-likeness (QED) is 0.846. The summed E-state index contributed by atoms with van der Waals surface area (Å²) in [6.07, 6.45) is 2.00. The molecule has 0 saturated carbocycles. The maximum Gasteiger partial charge on any atom is 0.176 e. The molecule has 0 unspecified atom stereocenters. The summed E-state index contributed by atoms with van der Waals surface area (Å²) in [6, 6.07) is 8.34. The first-order valence-corrected chi connectivity index (χ1v) is 7.17. The van der Waals surface area contributed by atoms with Crippen molar-refractivity contribution in [2.24, 2.45) is 5.73 Å². The van der Waals surface area contributed by atoms with Crippen LogP contribution in [0.3, 0.4) is 0 Å². The molecule has 0 spiro atoms. The molecule has 1 aromatic rings. The molecule has 0 aliphatic carbocycles. The highest BCUT2D eigenvalue weighted by molar-refractivity contribution is 5.97. The summed E-state index contributed by atoms with van der Waals surface area (Å²) in [6.45, 7) is 6.73.